The van der Waals surface area contributed by atoms with Crippen LogP contribution >= 0.6 is 0 Å². The topological polar surface area (TPSA) is 24.1 Å². The lowest BCUT2D eigenvalue weighted by Crippen LogP contribution is -1.99. The molecule has 2 rings (SSSR count). The lowest BCUT2D eigenvalue weighted by atomic mass is 10.1. The quantitative estimate of drug-likeness (QED) is 0.828. The summed E-state index contributed by atoms with van der Waals surface area (Å²) < 4.78 is 0. The standard InChI is InChI=1S/C16H20N2/c1-3-13-4-10-16(11-5-13)18-12-14-6-8-15(17-2)9-7-14/h4-11,17-18H,3,12H2,1-2H3. The predicted molar refractivity (Wildman–Crippen MR) is 79.1 cm³/mol. The average molecular weight is 240 g/mol. The van der Waals surface area contributed by atoms with E-state index in [4.69, 9.17) is 0 Å². The van der Waals surface area contributed by atoms with Gasteiger partial charge in [-0.2, -0.15) is 0 Å². The van der Waals surface area contributed by atoms with Gasteiger partial charge in [-0.15, -0.1) is 0 Å². The van der Waals surface area contributed by atoms with E-state index in [1.165, 1.54) is 16.8 Å². The second-order valence-corrected chi connectivity index (χ2v) is 4.35. The lowest BCUT2D eigenvalue weighted by molar-refractivity contribution is 1.12. The maximum absolute atomic E-state index is 3.43. The van der Waals surface area contributed by atoms with Crippen LogP contribution in [0.25, 0.3) is 0 Å². The Bertz CT molecular complexity index is 424. The fraction of sp³-hybridized carbons (Fsp3) is 0.250. The molecule has 0 spiro atoms. The van der Waals surface area contributed by atoms with Gasteiger partial charge >= 0.3 is 0 Å². The average Bonchev–Trinajstić information content (AvgIpc) is 2.46. The third-order valence-electron chi connectivity index (χ3n) is 3.10. The molecule has 0 fully saturated rings. The van der Waals surface area contributed by atoms with Crippen molar-refractivity contribution in [3.05, 3.63) is 59.7 Å². The van der Waals surface area contributed by atoms with E-state index in [0.717, 1.165) is 18.7 Å². The Morgan fingerprint density at radius 2 is 1.33 bits per heavy atom. The molecular weight excluding hydrogens is 220 g/mol. The smallest absolute Gasteiger partial charge is 0.0400 e. The van der Waals surface area contributed by atoms with Crippen molar-refractivity contribution in [2.24, 2.45) is 0 Å². The van der Waals surface area contributed by atoms with Crippen molar-refractivity contribution in [3.8, 4) is 0 Å². The van der Waals surface area contributed by atoms with Gasteiger partial charge in [-0.25, -0.2) is 0 Å². The molecule has 2 aromatic rings. The molecule has 0 saturated carbocycles. The summed E-state index contributed by atoms with van der Waals surface area (Å²) in [7, 11) is 1.93. The van der Waals surface area contributed by atoms with Gasteiger partial charge in [-0.1, -0.05) is 31.2 Å². The molecule has 0 heterocycles. The van der Waals surface area contributed by atoms with Crippen molar-refractivity contribution in [2.75, 3.05) is 17.7 Å². The van der Waals surface area contributed by atoms with E-state index in [2.05, 4.69) is 66.1 Å². The molecular formula is C16H20N2. The third-order valence-corrected chi connectivity index (χ3v) is 3.10. The molecule has 0 bridgehead atoms. The Kier molecular flexibility index (Phi) is 4.24. The minimum absolute atomic E-state index is 0.857. The van der Waals surface area contributed by atoms with Gasteiger partial charge in [0, 0.05) is 25.0 Å². The maximum atomic E-state index is 3.43. The first kappa shape index (κ1) is 12.5. The summed E-state index contributed by atoms with van der Waals surface area (Å²) in [5, 5.41) is 6.55. The zero-order valence-electron chi connectivity index (χ0n) is 11.0. The molecule has 0 aromatic heterocycles. The highest BCUT2D eigenvalue weighted by Gasteiger charge is 1.95. The van der Waals surface area contributed by atoms with E-state index in [1.54, 1.807) is 0 Å². The number of hydrogen-bond donors (Lipinski definition) is 2. The van der Waals surface area contributed by atoms with Crippen molar-refractivity contribution in [1.82, 2.24) is 0 Å². The molecule has 2 aromatic carbocycles. The highest BCUT2D eigenvalue weighted by Crippen LogP contribution is 2.13. The second-order valence-electron chi connectivity index (χ2n) is 4.35. The molecule has 2 N–H and O–H groups in total. The summed E-state index contributed by atoms with van der Waals surface area (Å²) in [6.07, 6.45) is 1.09. The van der Waals surface area contributed by atoms with E-state index < -0.39 is 0 Å². The first-order valence-electron chi connectivity index (χ1n) is 6.41. The van der Waals surface area contributed by atoms with Crippen LogP contribution in [0.1, 0.15) is 18.1 Å². The van der Waals surface area contributed by atoms with Crippen molar-refractivity contribution in [1.29, 1.82) is 0 Å². The molecule has 94 valence electrons. The highest BCUT2D eigenvalue weighted by atomic mass is 14.9. The maximum Gasteiger partial charge on any atom is 0.0400 e. The Hall–Kier alpha value is -1.96. The normalized spacial score (nSPS) is 10.1. The number of rotatable bonds is 5. The van der Waals surface area contributed by atoms with Crippen LogP contribution in [-0.4, -0.2) is 7.05 Å². The van der Waals surface area contributed by atoms with Gasteiger partial charge < -0.3 is 10.6 Å². The second kappa shape index (κ2) is 6.10. The molecule has 0 radical (unpaired) electrons. The van der Waals surface area contributed by atoms with Crippen molar-refractivity contribution in [3.63, 3.8) is 0 Å². The Morgan fingerprint density at radius 1 is 0.778 bits per heavy atom. The molecule has 0 unspecified atom stereocenters. The van der Waals surface area contributed by atoms with Crippen LogP contribution < -0.4 is 10.6 Å². The first-order chi connectivity index (χ1) is 8.81. The van der Waals surface area contributed by atoms with Gasteiger partial charge in [0.1, 0.15) is 0 Å². The summed E-state index contributed by atoms with van der Waals surface area (Å²) in [6, 6.07) is 17.1. The van der Waals surface area contributed by atoms with E-state index >= 15 is 0 Å². The molecule has 2 nitrogen and oxygen atoms in total. The van der Waals surface area contributed by atoms with Crippen LogP contribution in [0, 0.1) is 0 Å². The molecule has 0 amide bonds. The fourth-order valence-electron chi connectivity index (χ4n) is 1.85. The summed E-state index contributed by atoms with van der Waals surface area (Å²) in [6.45, 7) is 3.03. The number of anilines is 2. The van der Waals surface area contributed by atoms with Gasteiger partial charge in [0.05, 0.1) is 0 Å². The summed E-state index contributed by atoms with van der Waals surface area (Å²) in [5.41, 5.74) is 4.98. The van der Waals surface area contributed by atoms with Gasteiger partial charge in [-0.3, -0.25) is 0 Å². The number of aryl methyl sites for hydroxylation is 1. The molecule has 0 atom stereocenters. The van der Waals surface area contributed by atoms with Gasteiger partial charge in [0.2, 0.25) is 0 Å². The minimum Gasteiger partial charge on any atom is -0.388 e. The first-order valence-corrected chi connectivity index (χ1v) is 6.41. The molecule has 0 aliphatic heterocycles. The Labute approximate surface area is 109 Å². The molecule has 0 aliphatic rings. The fourth-order valence-corrected chi connectivity index (χ4v) is 1.85. The van der Waals surface area contributed by atoms with E-state index in [-0.39, 0.29) is 0 Å². The molecule has 18 heavy (non-hydrogen) atoms. The Morgan fingerprint density at radius 3 is 1.89 bits per heavy atom. The van der Waals surface area contributed by atoms with Gasteiger partial charge in [0.25, 0.3) is 0 Å². The zero-order valence-corrected chi connectivity index (χ0v) is 11.0. The molecule has 2 heteroatoms. The van der Waals surface area contributed by atoms with Crippen LogP contribution in [-0.2, 0) is 13.0 Å². The van der Waals surface area contributed by atoms with Gasteiger partial charge in [0.15, 0.2) is 0 Å². The van der Waals surface area contributed by atoms with Crippen molar-refractivity contribution < 1.29 is 0 Å². The minimum atomic E-state index is 0.857. The lowest BCUT2D eigenvalue weighted by Gasteiger charge is -2.08. The van der Waals surface area contributed by atoms with Crippen LogP contribution in [0.5, 0.6) is 0 Å². The SMILES string of the molecule is CCc1ccc(NCc2ccc(NC)cc2)cc1. The summed E-state index contributed by atoms with van der Waals surface area (Å²) >= 11 is 0. The number of benzene rings is 2. The summed E-state index contributed by atoms with van der Waals surface area (Å²) in [5.74, 6) is 0. The van der Waals surface area contributed by atoms with Crippen LogP contribution in [0.2, 0.25) is 0 Å². The number of nitrogens with one attached hydrogen (secondary N) is 2. The van der Waals surface area contributed by atoms with Crippen LogP contribution in [0.4, 0.5) is 11.4 Å². The molecule has 0 saturated heterocycles. The van der Waals surface area contributed by atoms with E-state index in [1.807, 2.05) is 7.05 Å². The van der Waals surface area contributed by atoms with E-state index in [9.17, 15) is 0 Å². The van der Waals surface area contributed by atoms with Crippen LogP contribution in [0.3, 0.4) is 0 Å². The van der Waals surface area contributed by atoms with Crippen molar-refractivity contribution >= 4 is 11.4 Å². The Balaban J connectivity index is 1.93. The predicted octanol–water partition coefficient (Wildman–Crippen LogP) is 3.90. The number of hydrogen-bond acceptors (Lipinski definition) is 2. The summed E-state index contributed by atoms with van der Waals surface area (Å²) in [4.78, 5) is 0. The van der Waals surface area contributed by atoms with E-state index in [0.29, 0.717) is 0 Å². The van der Waals surface area contributed by atoms with Crippen molar-refractivity contribution in [2.45, 2.75) is 19.9 Å². The zero-order chi connectivity index (χ0) is 12.8. The monoisotopic (exact) mass is 240 g/mol. The molecule has 0 aliphatic carbocycles. The highest BCUT2D eigenvalue weighted by molar-refractivity contribution is 5.47. The van der Waals surface area contributed by atoms with Gasteiger partial charge in [-0.05, 0) is 41.8 Å². The largest absolute Gasteiger partial charge is 0.388 e. The van der Waals surface area contributed by atoms with Crippen LogP contribution in [0.15, 0.2) is 48.5 Å². The third kappa shape index (κ3) is 3.27.